The summed E-state index contributed by atoms with van der Waals surface area (Å²) in [4.78, 5) is 0. The van der Waals surface area contributed by atoms with Crippen LogP contribution in [0.3, 0.4) is 0 Å². The van der Waals surface area contributed by atoms with E-state index in [9.17, 15) is 10.2 Å². The van der Waals surface area contributed by atoms with E-state index in [0.717, 1.165) is 19.3 Å². The van der Waals surface area contributed by atoms with Crippen molar-refractivity contribution in [1.82, 2.24) is 0 Å². The Morgan fingerprint density at radius 3 is 2.19 bits per heavy atom. The highest BCUT2D eigenvalue weighted by Gasteiger charge is 2.71. The zero-order chi connectivity index (χ0) is 23.5. The Kier molecular flexibility index (Phi) is 5.02. The fourth-order valence-corrected chi connectivity index (χ4v) is 11.2. The summed E-state index contributed by atoms with van der Waals surface area (Å²) in [6.07, 6.45) is 11.4. The minimum absolute atomic E-state index is 0.0258. The van der Waals surface area contributed by atoms with E-state index in [1.165, 1.54) is 32.1 Å². The molecule has 5 aliphatic rings. The van der Waals surface area contributed by atoms with Gasteiger partial charge in [-0.25, -0.2) is 0 Å². The van der Waals surface area contributed by atoms with E-state index in [4.69, 9.17) is 0 Å². The number of aliphatic hydroxyl groups is 2. The fourth-order valence-electron chi connectivity index (χ4n) is 11.2. The third kappa shape index (κ3) is 2.66. The molecule has 2 N–H and O–H groups in total. The molecule has 0 aromatic heterocycles. The Morgan fingerprint density at radius 1 is 0.812 bits per heavy atom. The van der Waals surface area contributed by atoms with E-state index in [1.54, 1.807) is 5.57 Å². The molecule has 0 spiro atoms. The highest BCUT2D eigenvalue weighted by molar-refractivity contribution is 5.23. The van der Waals surface area contributed by atoms with Crippen molar-refractivity contribution in [3.63, 3.8) is 0 Å². The average molecular weight is 443 g/mol. The molecule has 0 aliphatic heterocycles. The summed E-state index contributed by atoms with van der Waals surface area (Å²) >= 11 is 0. The second-order valence-electron chi connectivity index (χ2n) is 14.8. The lowest BCUT2D eigenvalue weighted by molar-refractivity contribution is -0.275. The zero-order valence-corrected chi connectivity index (χ0v) is 22.2. The van der Waals surface area contributed by atoms with Gasteiger partial charge in [0.1, 0.15) is 0 Å². The van der Waals surface area contributed by atoms with Crippen LogP contribution in [-0.2, 0) is 0 Å². The highest BCUT2D eigenvalue weighted by Crippen LogP contribution is 2.76. The van der Waals surface area contributed by atoms with Gasteiger partial charge in [0.15, 0.2) is 0 Å². The molecule has 0 bridgehead atoms. The van der Waals surface area contributed by atoms with Gasteiger partial charge >= 0.3 is 0 Å². The molecular weight excluding hydrogens is 392 g/mol. The van der Waals surface area contributed by atoms with Crippen molar-refractivity contribution >= 4 is 0 Å². The summed E-state index contributed by atoms with van der Waals surface area (Å²) in [6, 6.07) is 0. The normalized spacial score (nSPS) is 59.2. The highest BCUT2D eigenvalue weighted by atomic mass is 16.3. The van der Waals surface area contributed by atoms with Gasteiger partial charge in [-0.3, -0.25) is 0 Å². The lowest BCUT2D eigenvalue weighted by Gasteiger charge is -2.74. The van der Waals surface area contributed by atoms with Crippen molar-refractivity contribution in [2.24, 2.45) is 56.7 Å². The second kappa shape index (κ2) is 6.87. The smallest absolute Gasteiger partial charge is 0.0594 e. The summed E-state index contributed by atoms with van der Waals surface area (Å²) < 4.78 is 0. The molecule has 0 radical (unpaired) electrons. The van der Waals surface area contributed by atoms with Crippen molar-refractivity contribution in [3.05, 3.63) is 11.6 Å². The maximum absolute atomic E-state index is 12.0. The molecule has 0 aromatic rings. The van der Waals surface area contributed by atoms with Crippen LogP contribution in [0.4, 0.5) is 0 Å². The van der Waals surface area contributed by atoms with Gasteiger partial charge in [-0.1, -0.05) is 60.1 Å². The summed E-state index contributed by atoms with van der Waals surface area (Å²) in [5.74, 6) is 2.68. The van der Waals surface area contributed by atoms with Gasteiger partial charge in [0, 0.05) is 0 Å². The summed E-state index contributed by atoms with van der Waals surface area (Å²) in [7, 11) is 0. The van der Waals surface area contributed by atoms with Crippen molar-refractivity contribution in [1.29, 1.82) is 0 Å². The maximum Gasteiger partial charge on any atom is 0.0594 e. The minimum atomic E-state index is -0.193. The Bertz CT molecular complexity index is 814. The van der Waals surface area contributed by atoms with Crippen molar-refractivity contribution in [2.45, 2.75) is 119 Å². The number of hydrogen-bond donors (Lipinski definition) is 2. The molecule has 2 nitrogen and oxygen atoms in total. The van der Waals surface area contributed by atoms with Gasteiger partial charge in [0.2, 0.25) is 0 Å². The molecule has 5 rings (SSSR count). The van der Waals surface area contributed by atoms with Crippen molar-refractivity contribution in [2.75, 3.05) is 0 Å². The van der Waals surface area contributed by atoms with Crippen LogP contribution in [-0.4, -0.2) is 22.4 Å². The summed E-state index contributed by atoms with van der Waals surface area (Å²) in [5.41, 5.74) is 2.55. The van der Waals surface area contributed by atoms with Gasteiger partial charge in [0.25, 0.3) is 0 Å². The van der Waals surface area contributed by atoms with Crippen LogP contribution in [0.15, 0.2) is 11.6 Å². The topological polar surface area (TPSA) is 40.5 Å². The largest absolute Gasteiger partial charge is 0.393 e. The summed E-state index contributed by atoms with van der Waals surface area (Å²) in [6.45, 7) is 19.7. The molecule has 182 valence electrons. The molecule has 0 aromatic carbocycles. The van der Waals surface area contributed by atoms with Crippen molar-refractivity contribution in [3.8, 4) is 0 Å². The molecular formula is C30H50O2. The molecule has 11 atom stereocenters. The molecule has 5 aliphatic carbocycles. The van der Waals surface area contributed by atoms with Gasteiger partial charge in [-0.05, 0) is 115 Å². The van der Waals surface area contributed by atoms with E-state index in [2.05, 4.69) is 61.5 Å². The van der Waals surface area contributed by atoms with Crippen LogP contribution in [0.25, 0.3) is 0 Å². The Morgan fingerprint density at radius 2 is 1.50 bits per heavy atom. The molecule has 32 heavy (non-hydrogen) atoms. The molecule has 0 heterocycles. The van der Waals surface area contributed by atoms with Gasteiger partial charge < -0.3 is 10.2 Å². The number of rotatable bonds is 0. The standard InChI is InChI=1S/C30H50O2/c1-18-9-12-27(5)15-16-30(8)25(24(27)19(18)2)20(31)17-22-28(6)13-11-23(32)26(3,4)21(28)10-14-29(22,30)7/h9,19-25,31-32H,10-17H2,1-8H3. The van der Waals surface area contributed by atoms with Gasteiger partial charge in [-0.2, -0.15) is 0 Å². The molecule has 2 heteroatoms. The van der Waals surface area contributed by atoms with E-state index in [0.29, 0.717) is 35.0 Å². The van der Waals surface area contributed by atoms with Crippen LogP contribution >= 0.6 is 0 Å². The SMILES string of the molecule is CC1=CCC2(C)CCC3(C)C(C(O)CC4C5(C)CCC(O)C(C)(C)C5CCC43C)C2C1C. The fraction of sp³-hybridized carbons (Fsp3) is 0.933. The predicted molar refractivity (Wildman–Crippen MR) is 132 cm³/mol. The minimum Gasteiger partial charge on any atom is -0.393 e. The van der Waals surface area contributed by atoms with Crippen LogP contribution in [0, 0.1) is 56.7 Å². The molecule has 0 amide bonds. The van der Waals surface area contributed by atoms with Crippen LogP contribution in [0.2, 0.25) is 0 Å². The number of allylic oxidation sites excluding steroid dienone is 2. The first kappa shape index (κ1) is 23.4. The van der Waals surface area contributed by atoms with Gasteiger partial charge in [-0.15, -0.1) is 0 Å². The molecule has 4 fully saturated rings. The van der Waals surface area contributed by atoms with Crippen LogP contribution in [0.1, 0.15) is 107 Å². The molecule has 4 saturated carbocycles. The predicted octanol–water partition coefficient (Wildman–Crippen LogP) is 7.00. The van der Waals surface area contributed by atoms with Crippen molar-refractivity contribution < 1.29 is 10.2 Å². The maximum atomic E-state index is 12.0. The quantitative estimate of drug-likeness (QED) is 0.397. The van der Waals surface area contributed by atoms with E-state index >= 15 is 0 Å². The first-order valence-electron chi connectivity index (χ1n) is 13.8. The zero-order valence-electron chi connectivity index (χ0n) is 22.2. The first-order chi connectivity index (χ1) is 14.7. The lowest BCUT2D eigenvalue weighted by Crippen LogP contribution is -2.69. The Hall–Kier alpha value is -0.340. The second-order valence-corrected chi connectivity index (χ2v) is 14.8. The average Bonchev–Trinajstić information content (AvgIpc) is 2.71. The van der Waals surface area contributed by atoms with E-state index < -0.39 is 0 Å². The van der Waals surface area contributed by atoms with E-state index in [1.807, 2.05) is 0 Å². The van der Waals surface area contributed by atoms with Gasteiger partial charge in [0.05, 0.1) is 12.2 Å². The molecule has 11 unspecified atom stereocenters. The number of fused-ring (bicyclic) bond motifs is 7. The van der Waals surface area contributed by atoms with E-state index in [-0.39, 0.29) is 33.9 Å². The third-order valence-electron chi connectivity index (χ3n) is 13.5. The first-order valence-corrected chi connectivity index (χ1v) is 13.8. The van der Waals surface area contributed by atoms with Crippen LogP contribution < -0.4 is 0 Å². The number of aliphatic hydroxyl groups excluding tert-OH is 2. The third-order valence-corrected chi connectivity index (χ3v) is 13.5. The Balaban J connectivity index is 1.59. The lowest BCUT2D eigenvalue weighted by atomic mass is 9.31. The van der Waals surface area contributed by atoms with Crippen LogP contribution in [0.5, 0.6) is 0 Å². The number of hydrogen-bond acceptors (Lipinski definition) is 2. The monoisotopic (exact) mass is 442 g/mol. The molecule has 0 saturated heterocycles. The Labute approximate surface area is 197 Å². The summed E-state index contributed by atoms with van der Waals surface area (Å²) in [5, 5.41) is 22.9.